The Balaban J connectivity index is 1.66. The van der Waals surface area contributed by atoms with Crippen molar-refractivity contribution in [3.05, 3.63) is 0 Å². The summed E-state index contributed by atoms with van der Waals surface area (Å²) in [6, 6.07) is 0.234. The van der Waals surface area contributed by atoms with Gasteiger partial charge in [0.05, 0.1) is 12.0 Å². The SMILES string of the molecule is OC1CCCC(CNC2CCC(C(F)(F)F)CC2)C1. The highest BCUT2D eigenvalue weighted by Gasteiger charge is 2.41. The van der Waals surface area contributed by atoms with E-state index in [1.807, 2.05) is 0 Å². The van der Waals surface area contributed by atoms with Crippen molar-refractivity contribution in [2.45, 2.75) is 69.7 Å². The smallest absolute Gasteiger partial charge is 0.391 e. The molecule has 0 bridgehead atoms. The van der Waals surface area contributed by atoms with E-state index in [1.165, 1.54) is 0 Å². The van der Waals surface area contributed by atoms with Crippen molar-refractivity contribution in [2.75, 3.05) is 6.54 Å². The van der Waals surface area contributed by atoms with E-state index in [1.54, 1.807) is 0 Å². The first-order valence-electron chi connectivity index (χ1n) is 7.43. The van der Waals surface area contributed by atoms with Crippen LogP contribution in [0.4, 0.5) is 13.2 Å². The van der Waals surface area contributed by atoms with Gasteiger partial charge in [-0.25, -0.2) is 0 Å². The zero-order valence-corrected chi connectivity index (χ0v) is 11.3. The van der Waals surface area contributed by atoms with Crippen LogP contribution in [-0.2, 0) is 0 Å². The summed E-state index contributed by atoms with van der Waals surface area (Å²) in [4.78, 5) is 0. The summed E-state index contributed by atoms with van der Waals surface area (Å²) in [5, 5.41) is 13.0. The highest BCUT2D eigenvalue weighted by Crippen LogP contribution is 2.37. The van der Waals surface area contributed by atoms with Crippen LogP contribution in [0.5, 0.6) is 0 Å². The van der Waals surface area contributed by atoms with E-state index >= 15 is 0 Å². The second-order valence-corrected chi connectivity index (χ2v) is 6.18. The first-order chi connectivity index (χ1) is 8.95. The Morgan fingerprint density at radius 2 is 1.68 bits per heavy atom. The lowest BCUT2D eigenvalue weighted by Gasteiger charge is -2.32. The number of hydrogen-bond donors (Lipinski definition) is 2. The minimum Gasteiger partial charge on any atom is -0.393 e. The molecule has 0 amide bonds. The molecule has 2 saturated carbocycles. The van der Waals surface area contributed by atoms with E-state index in [2.05, 4.69) is 5.32 Å². The molecule has 0 heterocycles. The topological polar surface area (TPSA) is 32.3 Å². The Morgan fingerprint density at radius 3 is 2.26 bits per heavy atom. The van der Waals surface area contributed by atoms with Crippen LogP contribution >= 0.6 is 0 Å². The van der Waals surface area contributed by atoms with E-state index in [9.17, 15) is 18.3 Å². The highest BCUT2D eigenvalue weighted by atomic mass is 19.4. The van der Waals surface area contributed by atoms with E-state index in [0.29, 0.717) is 18.8 Å². The minimum atomic E-state index is -4.02. The molecule has 2 N–H and O–H groups in total. The van der Waals surface area contributed by atoms with Crippen molar-refractivity contribution in [3.63, 3.8) is 0 Å². The molecular weight excluding hydrogens is 255 g/mol. The van der Waals surface area contributed by atoms with Gasteiger partial charge in [-0.05, 0) is 57.4 Å². The fraction of sp³-hybridized carbons (Fsp3) is 1.00. The largest absolute Gasteiger partial charge is 0.393 e. The van der Waals surface area contributed by atoms with Crippen molar-refractivity contribution in [1.82, 2.24) is 5.32 Å². The summed E-state index contributed by atoms with van der Waals surface area (Å²) < 4.78 is 37.6. The van der Waals surface area contributed by atoms with Gasteiger partial charge in [0.25, 0.3) is 0 Å². The lowest BCUT2D eigenvalue weighted by molar-refractivity contribution is -0.182. The predicted molar refractivity (Wildman–Crippen MR) is 67.8 cm³/mol. The van der Waals surface area contributed by atoms with Gasteiger partial charge in [0, 0.05) is 6.04 Å². The standard InChI is InChI=1S/C14H24F3NO/c15-14(16,17)11-4-6-12(7-5-11)18-9-10-2-1-3-13(19)8-10/h10-13,18-19H,1-9H2. The third-order valence-electron chi connectivity index (χ3n) is 4.64. The Kier molecular flexibility index (Phi) is 5.12. The second kappa shape index (κ2) is 6.44. The Labute approximate surface area is 112 Å². The molecule has 2 atom stereocenters. The van der Waals surface area contributed by atoms with Crippen LogP contribution in [0.25, 0.3) is 0 Å². The van der Waals surface area contributed by atoms with Crippen LogP contribution in [-0.4, -0.2) is 30.0 Å². The molecule has 2 aliphatic rings. The summed E-state index contributed by atoms with van der Waals surface area (Å²) in [7, 11) is 0. The van der Waals surface area contributed by atoms with Gasteiger partial charge in [0.1, 0.15) is 0 Å². The van der Waals surface area contributed by atoms with Crippen molar-refractivity contribution < 1.29 is 18.3 Å². The minimum absolute atomic E-state index is 0.179. The molecule has 0 aliphatic heterocycles. The lowest BCUT2D eigenvalue weighted by Crippen LogP contribution is -2.40. The van der Waals surface area contributed by atoms with Gasteiger partial charge in [-0.15, -0.1) is 0 Å². The van der Waals surface area contributed by atoms with Crippen molar-refractivity contribution in [3.8, 4) is 0 Å². The zero-order valence-electron chi connectivity index (χ0n) is 11.3. The van der Waals surface area contributed by atoms with Gasteiger partial charge in [-0.2, -0.15) is 13.2 Å². The number of alkyl halides is 3. The Hall–Kier alpha value is -0.290. The number of rotatable bonds is 3. The summed E-state index contributed by atoms with van der Waals surface area (Å²) in [6.45, 7) is 0.846. The monoisotopic (exact) mass is 279 g/mol. The maximum Gasteiger partial charge on any atom is 0.391 e. The van der Waals surface area contributed by atoms with E-state index in [-0.39, 0.29) is 25.0 Å². The highest BCUT2D eigenvalue weighted by molar-refractivity contribution is 4.82. The fourth-order valence-electron chi connectivity index (χ4n) is 3.41. The average molecular weight is 279 g/mol. The molecular formula is C14H24F3NO. The number of aliphatic hydroxyl groups excluding tert-OH is 1. The molecule has 0 spiro atoms. The van der Waals surface area contributed by atoms with Gasteiger partial charge in [-0.3, -0.25) is 0 Å². The van der Waals surface area contributed by atoms with Crippen LogP contribution in [0.3, 0.4) is 0 Å². The van der Waals surface area contributed by atoms with Crippen LogP contribution in [0, 0.1) is 11.8 Å². The maximum atomic E-state index is 12.5. The maximum absolute atomic E-state index is 12.5. The van der Waals surface area contributed by atoms with Crippen molar-refractivity contribution in [2.24, 2.45) is 11.8 Å². The van der Waals surface area contributed by atoms with Crippen LogP contribution < -0.4 is 5.32 Å². The zero-order chi connectivity index (χ0) is 13.9. The average Bonchev–Trinajstić information content (AvgIpc) is 2.36. The number of aliphatic hydroxyl groups is 1. The molecule has 0 aromatic heterocycles. The quantitative estimate of drug-likeness (QED) is 0.831. The molecule has 2 aliphatic carbocycles. The van der Waals surface area contributed by atoms with Crippen LogP contribution in [0.15, 0.2) is 0 Å². The number of halogens is 3. The van der Waals surface area contributed by atoms with Crippen molar-refractivity contribution >= 4 is 0 Å². The van der Waals surface area contributed by atoms with Crippen LogP contribution in [0.1, 0.15) is 51.4 Å². The Bertz CT molecular complexity index is 274. The summed E-state index contributed by atoms with van der Waals surface area (Å²) in [5.74, 6) is -0.605. The molecule has 0 radical (unpaired) electrons. The van der Waals surface area contributed by atoms with Gasteiger partial charge in [-0.1, -0.05) is 6.42 Å². The summed E-state index contributed by atoms with van der Waals surface area (Å²) in [5.41, 5.74) is 0. The van der Waals surface area contributed by atoms with Gasteiger partial charge in [0.2, 0.25) is 0 Å². The van der Waals surface area contributed by atoms with Gasteiger partial charge < -0.3 is 10.4 Å². The van der Waals surface area contributed by atoms with E-state index < -0.39 is 12.1 Å². The van der Waals surface area contributed by atoms with E-state index in [0.717, 1.165) is 32.2 Å². The molecule has 112 valence electrons. The molecule has 0 aromatic carbocycles. The normalized spacial score (nSPS) is 37.3. The first-order valence-corrected chi connectivity index (χ1v) is 7.43. The Morgan fingerprint density at radius 1 is 1.00 bits per heavy atom. The number of nitrogens with one attached hydrogen (secondary N) is 1. The summed E-state index contributed by atoms with van der Waals surface area (Å²) >= 11 is 0. The molecule has 5 heteroatoms. The summed E-state index contributed by atoms with van der Waals surface area (Å²) in [6.07, 6.45) is 1.50. The molecule has 2 rings (SSSR count). The third-order valence-corrected chi connectivity index (χ3v) is 4.64. The molecule has 2 unspecified atom stereocenters. The first kappa shape index (κ1) is 15.1. The fourth-order valence-corrected chi connectivity index (χ4v) is 3.41. The molecule has 0 saturated heterocycles. The van der Waals surface area contributed by atoms with E-state index in [4.69, 9.17) is 0 Å². The van der Waals surface area contributed by atoms with Gasteiger partial charge >= 0.3 is 6.18 Å². The molecule has 2 fully saturated rings. The predicted octanol–water partition coefficient (Wildman–Crippen LogP) is 3.25. The van der Waals surface area contributed by atoms with Crippen LogP contribution in [0.2, 0.25) is 0 Å². The molecule has 2 nitrogen and oxygen atoms in total. The lowest BCUT2D eigenvalue weighted by atomic mass is 9.84. The third kappa shape index (κ3) is 4.63. The van der Waals surface area contributed by atoms with Gasteiger partial charge in [0.15, 0.2) is 0 Å². The molecule has 19 heavy (non-hydrogen) atoms. The van der Waals surface area contributed by atoms with Crippen molar-refractivity contribution in [1.29, 1.82) is 0 Å². The second-order valence-electron chi connectivity index (χ2n) is 6.18. The number of hydrogen-bond acceptors (Lipinski definition) is 2. The molecule has 0 aromatic rings.